The number of likely N-dealkylation sites (tertiary alicyclic amines) is 1. The Kier molecular flexibility index (Phi) is 7.15. The first-order valence-electron chi connectivity index (χ1n) is 13.9. The summed E-state index contributed by atoms with van der Waals surface area (Å²) in [4.78, 5) is 27.0. The fourth-order valence-corrected chi connectivity index (χ4v) is 5.69. The fraction of sp³-hybridized carbons (Fsp3) is 0.500. The molecular formula is C30H41N7O2. The Morgan fingerprint density at radius 2 is 1.87 bits per heavy atom. The number of hydrogen-bond donors (Lipinski definition) is 2. The van der Waals surface area contributed by atoms with E-state index in [4.69, 9.17) is 4.98 Å². The SMILES string of the molecule is Cc1cc(Nc2ncc3c(=O)n(C(C)C)n(C4=CN(C(C)(C)C)C(O)C=C4)c3n2)ccc1C1CCN(C)CC1. The van der Waals surface area contributed by atoms with Crippen molar-refractivity contribution in [3.05, 3.63) is 64.2 Å². The number of aliphatic hydroxyl groups is 1. The third kappa shape index (κ3) is 5.25. The van der Waals surface area contributed by atoms with Gasteiger partial charge in [-0.1, -0.05) is 6.07 Å². The Morgan fingerprint density at radius 3 is 2.51 bits per heavy atom. The van der Waals surface area contributed by atoms with E-state index in [2.05, 4.69) is 47.4 Å². The molecule has 9 nitrogen and oxygen atoms in total. The maximum atomic E-state index is 13.4. The second-order valence-corrected chi connectivity index (χ2v) is 12.2. The molecule has 1 fully saturated rings. The molecule has 9 heteroatoms. The fourth-order valence-electron chi connectivity index (χ4n) is 5.69. The summed E-state index contributed by atoms with van der Waals surface area (Å²) in [5.74, 6) is 1.02. The van der Waals surface area contributed by atoms with Crippen molar-refractivity contribution in [3.8, 4) is 0 Å². The number of allylic oxidation sites excluding steroid dienone is 2. The molecule has 5 rings (SSSR count). The maximum Gasteiger partial charge on any atom is 0.278 e. The van der Waals surface area contributed by atoms with Crippen molar-refractivity contribution in [2.45, 2.75) is 78.1 Å². The van der Waals surface area contributed by atoms with Crippen LogP contribution in [0.5, 0.6) is 0 Å². The Bertz CT molecular complexity index is 1480. The zero-order valence-corrected chi connectivity index (χ0v) is 24.1. The number of nitrogens with zero attached hydrogens (tertiary/aromatic N) is 6. The van der Waals surface area contributed by atoms with E-state index in [1.165, 1.54) is 24.0 Å². The molecule has 39 heavy (non-hydrogen) atoms. The van der Waals surface area contributed by atoms with Gasteiger partial charge in [-0.2, -0.15) is 4.98 Å². The van der Waals surface area contributed by atoms with Gasteiger partial charge in [0.25, 0.3) is 5.56 Å². The molecule has 0 radical (unpaired) electrons. The van der Waals surface area contributed by atoms with Crippen LogP contribution in [0.1, 0.15) is 70.5 Å². The lowest BCUT2D eigenvalue weighted by molar-refractivity contribution is 0.0190. The van der Waals surface area contributed by atoms with E-state index in [0.717, 1.165) is 24.5 Å². The van der Waals surface area contributed by atoms with Crippen molar-refractivity contribution >= 4 is 28.4 Å². The molecule has 2 aliphatic rings. The van der Waals surface area contributed by atoms with E-state index < -0.39 is 6.23 Å². The smallest absolute Gasteiger partial charge is 0.278 e. The molecule has 0 amide bonds. The van der Waals surface area contributed by atoms with Crippen molar-refractivity contribution < 1.29 is 5.11 Å². The van der Waals surface area contributed by atoms with Gasteiger partial charge in [-0.3, -0.25) is 4.79 Å². The van der Waals surface area contributed by atoms with Gasteiger partial charge < -0.3 is 20.2 Å². The highest BCUT2D eigenvalue weighted by atomic mass is 16.3. The largest absolute Gasteiger partial charge is 0.370 e. The lowest BCUT2D eigenvalue weighted by atomic mass is 9.87. The number of nitrogens with one attached hydrogen (secondary N) is 1. The van der Waals surface area contributed by atoms with Crippen molar-refractivity contribution in [1.29, 1.82) is 0 Å². The van der Waals surface area contributed by atoms with Crippen LogP contribution in [-0.2, 0) is 0 Å². The zero-order chi connectivity index (χ0) is 28.1. The van der Waals surface area contributed by atoms with E-state index in [9.17, 15) is 9.90 Å². The number of aromatic nitrogens is 4. The molecule has 0 aliphatic carbocycles. The number of aryl methyl sites for hydroxylation is 1. The molecule has 2 aromatic heterocycles. The van der Waals surface area contributed by atoms with Gasteiger partial charge in [0, 0.05) is 29.7 Å². The predicted octanol–water partition coefficient (Wildman–Crippen LogP) is 4.82. The lowest BCUT2D eigenvalue weighted by Gasteiger charge is -2.39. The summed E-state index contributed by atoms with van der Waals surface area (Å²) >= 11 is 0. The Morgan fingerprint density at radius 1 is 1.15 bits per heavy atom. The van der Waals surface area contributed by atoms with E-state index in [1.54, 1.807) is 17.0 Å². The van der Waals surface area contributed by atoms with Crippen LogP contribution in [0.3, 0.4) is 0 Å². The zero-order valence-electron chi connectivity index (χ0n) is 24.1. The summed E-state index contributed by atoms with van der Waals surface area (Å²) in [6.45, 7) is 14.5. The Hall–Kier alpha value is -3.43. The number of fused-ring (bicyclic) bond motifs is 1. The molecule has 4 heterocycles. The Balaban J connectivity index is 1.52. The van der Waals surface area contributed by atoms with Gasteiger partial charge >= 0.3 is 0 Å². The van der Waals surface area contributed by atoms with Crippen LogP contribution in [0.2, 0.25) is 0 Å². The van der Waals surface area contributed by atoms with Crippen molar-refractivity contribution in [2.24, 2.45) is 0 Å². The average molecular weight is 532 g/mol. The van der Waals surface area contributed by atoms with Crippen LogP contribution in [0.25, 0.3) is 16.7 Å². The minimum absolute atomic E-state index is 0.109. The summed E-state index contributed by atoms with van der Waals surface area (Å²) in [5.41, 5.74) is 4.39. The van der Waals surface area contributed by atoms with Crippen LogP contribution in [0, 0.1) is 6.92 Å². The summed E-state index contributed by atoms with van der Waals surface area (Å²) < 4.78 is 3.53. The number of benzene rings is 1. The minimum atomic E-state index is -0.748. The molecule has 1 aromatic carbocycles. The summed E-state index contributed by atoms with van der Waals surface area (Å²) in [6.07, 6.45) is 8.68. The van der Waals surface area contributed by atoms with Gasteiger partial charge in [-0.15, -0.1) is 0 Å². The van der Waals surface area contributed by atoms with Gasteiger partial charge in [-0.25, -0.2) is 14.3 Å². The second kappa shape index (κ2) is 10.3. The third-order valence-electron chi connectivity index (χ3n) is 7.81. The van der Waals surface area contributed by atoms with Gasteiger partial charge in [0.1, 0.15) is 11.6 Å². The molecular weight excluding hydrogens is 490 g/mol. The first-order chi connectivity index (χ1) is 18.4. The molecule has 3 aromatic rings. The summed E-state index contributed by atoms with van der Waals surface area (Å²) in [5, 5.41) is 14.4. The second-order valence-electron chi connectivity index (χ2n) is 12.2. The molecule has 208 valence electrons. The monoisotopic (exact) mass is 531 g/mol. The highest BCUT2D eigenvalue weighted by molar-refractivity contribution is 5.80. The highest BCUT2D eigenvalue weighted by Gasteiger charge is 2.28. The molecule has 2 aliphatic heterocycles. The van der Waals surface area contributed by atoms with Gasteiger partial charge in [-0.05, 0) is 116 Å². The van der Waals surface area contributed by atoms with Gasteiger partial charge in [0.15, 0.2) is 5.65 Å². The highest BCUT2D eigenvalue weighted by Crippen LogP contribution is 2.32. The maximum absolute atomic E-state index is 13.4. The molecule has 1 atom stereocenters. The number of piperidine rings is 1. The third-order valence-corrected chi connectivity index (χ3v) is 7.81. The molecule has 0 bridgehead atoms. The first-order valence-corrected chi connectivity index (χ1v) is 13.9. The topological polar surface area (TPSA) is 91.5 Å². The molecule has 1 unspecified atom stereocenters. The van der Waals surface area contributed by atoms with Gasteiger partial charge in [0.2, 0.25) is 5.95 Å². The van der Waals surface area contributed by atoms with Crippen molar-refractivity contribution in [3.63, 3.8) is 0 Å². The summed E-state index contributed by atoms with van der Waals surface area (Å²) in [6, 6.07) is 6.36. The quantitative estimate of drug-likeness (QED) is 0.488. The Labute approximate surface area is 230 Å². The lowest BCUT2D eigenvalue weighted by Crippen LogP contribution is -2.45. The van der Waals surface area contributed by atoms with Crippen LogP contribution >= 0.6 is 0 Å². The van der Waals surface area contributed by atoms with Crippen molar-refractivity contribution in [2.75, 3.05) is 25.5 Å². The number of anilines is 2. The number of aliphatic hydroxyl groups excluding tert-OH is 1. The number of rotatable bonds is 5. The molecule has 2 N–H and O–H groups in total. The summed E-state index contributed by atoms with van der Waals surface area (Å²) in [7, 11) is 2.19. The van der Waals surface area contributed by atoms with E-state index in [1.807, 2.05) is 56.5 Å². The van der Waals surface area contributed by atoms with E-state index >= 15 is 0 Å². The van der Waals surface area contributed by atoms with Crippen LogP contribution in [0.15, 0.2) is 47.5 Å². The van der Waals surface area contributed by atoms with E-state index in [0.29, 0.717) is 22.9 Å². The molecule has 0 saturated carbocycles. The number of hydrogen-bond acceptors (Lipinski definition) is 7. The standard InChI is InChI=1S/C30H41N7O2/c1-19(2)36-28(39)25-17-31-29(32-22-8-10-24(20(3)16-22)21-12-14-34(7)15-13-21)33-27(25)37(36)23-9-11-26(38)35(18-23)30(4,5)6/h8-11,16-19,21,26,38H,12-15H2,1-7H3,(H,31,32,33). The first kappa shape index (κ1) is 27.1. The van der Waals surface area contributed by atoms with Crippen LogP contribution < -0.4 is 10.9 Å². The minimum Gasteiger partial charge on any atom is -0.370 e. The van der Waals surface area contributed by atoms with Crippen LogP contribution in [-0.4, -0.2) is 66.1 Å². The predicted molar refractivity (Wildman–Crippen MR) is 157 cm³/mol. The molecule has 1 saturated heterocycles. The normalized spacial score (nSPS) is 19.3. The molecule has 0 spiro atoms. The van der Waals surface area contributed by atoms with Crippen molar-refractivity contribution in [1.82, 2.24) is 29.1 Å². The van der Waals surface area contributed by atoms with E-state index in [-0.39, 0.29) is 17.1 Å². The van der Waals surface area contributed by atoms with Crippen LogP contribution in [0.4, 0.5) is 11.6 Å². The van der Waals surface area contributed by atoms with Gasteiger partial charge in [0.05, 0.1) is 5.70 Å². The average Bonchev–Trinajstić information content (AvgIpc) is 3.16.